The number of ether oxygens (including phenoxy) is 1. The first-order chi connectivity index (χ1) is 9.97. The minimum atomic E-state index is -0.454. The van der Waals surface area contributed by atoms with Gasteiger partial charge in [0.2, 0.25) is 0 Å². The maximum Gasteiger partial charge on any atom is 0.0899 e. The molecular formula is C15H24BrClN2O2. The summed E-state index contributed by atoms with van der Waals surface area (Å²) in [5.41, 5.74) is 1.09. The van der Waals surface area contributed by atoms with Crippen LogP contribution in [0.3, 0.4) is 0 Å². The van der Waals surface area contributed by atoms with E-state index in [1.54, 1.807) is 7.11 Å². The van der Waals surface area contributed by atoms with Gasteiger partial charge in [0.1, 0.15) is 0 Å². The number of likely N-dealkylation sites (N-methyl/N-ethyl adjacent to an activating group) is 1. The van der Waals surface area contributed by atoms with Crippen LogP contribution >= 0.6 is 27.5 Å². The molecule has 0 fully saturated rings. The van der Waals surface area contributed by atoms with Crippen molar-refractivity contribution in [3.63, 3.8) is 0 Å². The Hall–Kier alpha value is -0.170. The summed E-state index contributed by atoms with van der Waals surface area (Å²) in [6.45, 7) is 1.81. The molecule has 4 nitrogen and oxygen atoms in total. The van der Waals surface area contributed by atoms with Crippen molar-refractivity contribution >= 4 is 27.5 Å². The molecule has 0 saturated heterocycles. The molecule has 120 valence electrons. The zero-order valence-corrected chi connectivity index (χ0v) is 15.1. The molecule has 1 aromatic rings. The lowest BCUT2D eigenvalue weighted by atomic mass is 10.0. The number of nitrogens with zero attached hydrogens (tertiary/aromatic N) is 1. The summed E-state index contributed by atoms with van der Waals surface area (Å²) in [4.78, 5) is 2.10. The molecule has 2 N–H and O–H groups in total. The van der Waals surface area contributed by atoms with Crippen molar-refractivity contribution in [2.45, 2.75) is 18.6 Å². The van der Waals surface area contributed by atoms with Crippen LogP contribution < -0.4 is 5.32 Å². The number of aliphatic hydroxyl groups is 1. The second kappa shape index (κ2) is 9.77. The average Bonchev–Trinajstić information content (AvgIpc) is 2.41. The van der Waals surface area contributed by atoms with Crippen molar-refractivity contribution in [3.8, 4) is 0 Å². The van der Waals surface area contributed by atoms with Crippen LogP contribution in [0.4, 0.5) is 0 Å². The van der Waals surface area contributed by atoms with Crippen molar-refractivity contribution < 1.29 is 9.84 Å². The minimum Gasteiger partial charge on any atom is -0.389 e. The van der Waals surface area contributed by atoms with Crippen LogP contribution in [0.15, 0.2) is 22.7 Å². The number of benzene rings is 1. The SMILES string of the molecule is CNC(CCN(C)CC(O)COC)c1ccc(Br)cc1Cl. The Morgan fingerprint density at radius 1 is 1.48 bits per heavy atom. The minimum absolute atomic E-state index is 0.188. The average molecular weight is 380 g/mol. The molecule has 0 saturated carbocycles. The van der Waals surface area contributed by atoms with Crippen molar-refractivity contribution in [2.75, 3.05) is 40.9 Å². The highest BCUT2D eigenvalue weighted by atomic mass is 79.9. The topological polar surface area (TPSA) is 44.7 Å². The largest absolute Gasteiger partial charge is 0.389 e. The molecule has 0 aliphatic carbocycles. The standard InChI is InChI=1S/C15H24BrClN2O2/c1-18-15(13-5-4-11(16)8-14(13)17)6-7-19(2)9-12(20)10-21-3/h4-5,8,12,15,18,20H,6-7,9-10H2,1-3H3. The van der Waals surface area contributed by atoms with Crippen LogP contribution in [-0.4, -0.2) is 57.0 Å². The van der Waals surface area contributed by atoms with E-state index in [1.165, 1.54) is 0 Å². The molecule has 0 spiro atoms. The number of rotatable bonds is 9. The van der Waals surface area contributed by atoms with E-state index in [9.17, 15) is 5.11 Å². The van der Waals surface area contributed by atoms with Crippen LogP contribution in [-0.2, 0) is 4.74 Å². The molecule has 0 bridgehead atoms. The van der Waals surface area contributed by atoms with Crippen molar-refractivity contribution in [1.82, 2.24) is 10.2 Å². The molecule has 0 heterocycles. The van der Waals surface area contributed by atoms with Gasteiger partial charge in [-0.05, 0) is 44.8 Å². The monoisotopic (exact) mass is 378 g/mol. The maximum atomic E-state index is 9.73. The number of nitrogens with one attached hydrogen (secondary N) is 1. The maximum absolute atomic E-state index is 9.73. The lowest BCUT2D eigenvalue weighted by molar-refractivity contribution is 0.0426. The second-order valence-electron chi connectivity index (χ2n) is 5.17. The quantitative estimate of drug-likeness (QED) is 0.692. The van der Waals surface area contributed by atoms with Gasteiger partial charge in [0.05, 0.1) is 12.7 Å². The zero-order valence-electron chi connectivity index (χ0n) is 12.8. The molecule has 2 atom stereocenters. The number of aliphatic hydroxyl groups excluding tert-OH is 1. The number of halogens is 2. The van der Waals surface area contributed by atoms with Crippen molar-refractivity contribution in [3.05, 3.63) is 33.3 Å². The summed E-state index contributed by atoms with van der Waals surface area (Å²) in [6.07, 6.45) is 0.456. The lowest BCUT2D eigenvalue weighted by Gasteiger charge is -2.24. The van der Waals surface area contributed by atoms with Gasteiger partial charge in [-0.3, -0.25) is 0 Å². The van der Waals surface area contributed by atoms with Gasteiger partial charge in [-0.25, -0.2) is 0 Å². The van der Waals surface area contributed by atoms with Crippen LogP contribution in [0.1, 0.15) is 18.0 Å². The zero-order chi connectivity index (χ0) is 15.8. The van der Waals surface area contributed by atoms with Crippen molar-refractivity contribution in [1.29, 1.82) is 0 Å². The van der Waals surface area contributed by atoms with E-state index in [-0.39, 0.29) is 6.04 Å². The van der Waals surface area contributed by atoms with Crippen LogP contribution in [0.25, 0.3) is 0 Å². The molecule has 1 rings (SSSR count). The predicted molar refractivity (Wildman–Crippen MR) is 90.9 cm³/mol. The summed E-state index contributed by atoms with van der Waals surface area (Å²) in [7, 11) is 5.52. The van der Waals surface area contributed by atoms with Gasteiger partial charge in [-0.2, -0.15) is 0 Å². The molecule has 21 heavy (non-hydrogen) atoms. The predicted octanol–water partition coefficient (Wildman–Crippen LogP) is 2.69. The fourth-order valence-electron chi connectivity index (χ4n) is 2.29. The van der Waals surface area contributed by atoms with Gasteiger partial charge in [0.25, 0.3) is 0 Å². The Morgan fingerprint density at radius 3 is 2.76 bits per heavy atom. The number of hydrogen-bond donors (Lipinski definition) is 2. The smallest absolute Gasteiger partial charge is 0.0899 e. The van der Waals surface area contributed by atoms with Crippen LogP contribution in [0.5, 0.6) is 0 Å². The second-order valence-corrected chi connectivity index (χ2v) is 6.49. The van der Waals surface area contributed by atoms with Gasteiger partial charge < -0.3 is 20.1 Å². The molecular weight excluding hydrogens is 356 g/mol. The van der Waals surface area contributed by atoms with E-state index < -0.39 is 6.10 Å². The van der Waals surface area contributed by atoms with Crippen LogP contribution in [0.2, 0.25) is 5.02 Å². The molecule has 6 heteroatoms. The van der Waals surface area contributed by atoms with E-state index in [2.05, 4.69) is 26.1 Å². The Bertz CT molecular complexity index is 434. The summed E-state index contributed by atoms with van der Waals surface area (Å²) in [6, 6.07) is 6.13. The molecule has 0 aliphatic heterocycles. The summed E-state index contributed by atoms with van der Waals surface area (Å²) in [5.74, 6) is 0. The molecule has 1 aromatic carbocycles. The summed E-state index contributed by atoms with van der Waals surface area (Å²) < 4.78 is 5.91. The Kier molecular flexibility index (Phi) is 8.78. The molecule has 0 aliphatic rings. The molecule has 0 amide bonds. The van der Waals surface area contributed by atoms with Gasteiger partial charge in [-0.15, -0.1) is 0 Å². The third-order valence-corrected chi connectivity index (χ3v) is 4.19. The van der Waals surface area contributed by atoms with Crippen molar-refractivity contribution in [2.24, 2.45) is 0 Å². The highest BCUT2D eigenvalue weighted by Crippen LogP contribution is 2.28. The summed E-state index contributed by atoms with van der Waals surface area (Å²) >= 11 is 9.72. The van der Waals surface area contributed by atoms with Gasteiger partial charge in [0.15, 0.2) is 0 Å². The van der Waals surface area contributed by atoms with Gasteiger partial charge >= 0.3 is 0 Å². The van der Waals surface area contributed by atoms with E-state index >= 15 is 0 Å². The Morgan fingerprint density at radius 2 is 2.19 bits per heavy atom. The van der Waals surface area contributed by atoms with Gasteiger partial charge in [0, 0.05) is 29.2 Å². The van der Waals surface area contributed by atoms with Crippen LogP contribution in [0, 0.1) is 0 Å². The molecule has 0 aromatic heterocycles. The lowest BCUT2D eigenvalue weighted by Crippen LogP contribution is -2.34. The highest BCUT2D eigenvalue weighted by Gasteiger charge is 2.15. The number of methoxy groups -OCH3 is 1. The third kappa shape index (κ3) is 6.63. The molecule has 2 unspecified atom stereocenters. The first-order valence-electron chi connectivity index (χ1n) is 6.95. The summed E-state index contributed by atoms with van der Waals surface area (Å²) in [5, 5.41) is 13.8. The fraction of sp³-hybridized carbons (Fsp3) is 0.600. The first kappa shape index (κ1) is 18.9. The van der Waals surface area contributed by atoms with E-state index in [1.807, 2.05) is 32.3 Å². The normalized spacial score (nSPS) is 14.4. The van der Waals surface area contributed by atoms with E-state index in [0.717, 1.165) is 28.0 Å². The highest BCUT2D eigenvalue weighted by molar-refractivity contribution is 9.10. The fourth-order valence-corrected chi connectivity index (χ4v) is 3.09. The molecule has 0 radical (unpaired) electrons. The van der Waals surface area contributed by atoms with E-state index in [0.29, 0.717) is 13.2 Å². The first-order valence-corrected chi connectivity index (χ1v) is 8.12. The Labute approximate surface area is 140 Å². The third-order valence-electron chi connectivity index (χ3n) is 3.37. The van der Waals surface area contributed by atoms with Gasteiger partial charge in [-0.1, -0.05) is 33.6 Å². The number of hydrogen-bond acceptors (Lipinski definition) is 4. The Balaban J connectivity index is 2.54. The van der Waals surface area contributed by atoms with E-state index in [4.69, 9.17) is 16.3 Å².